The molecule has 0 radical (unpaired) electrons. The van der Waals surface area contributed by atoms with Crippen LogP contribution in [0.4, 0.5) is 10.6 Å². The van der Waals surface area contributed by atoms with Gasteiger partial charge in [-0.05, 0) is 36.8 Å². The highest BCUT2D eigenvalue weighted by atomic mass is 35.5. The number of amides is 1. The molecule has 0 aliphatic heterocycles. The molecule has 11 nitrogen and oxygen atoms in total. The number of nitriles is 1. The number of carboxylic acid groups (broad SMARTS) is 1. The van der Waals surface area contributed by atoms with Crippen LogP contribution in [0, 0.1) is 11.3 Å². The summed E-state index contributed by atoms with van der Waals surface area (Å²) in [6, 6.07) is 10.1. The van der Waals surface area contributed by atoms with Crippen LogP contribution in [0.3, 0.4) is 0 Å². The van der Waals surface area contributed by atoms with E-state index >= 15 is 0 Å². The van der Waals surface area contributed by atoms with Crippen LogP contribution in [0.15, 0.2) is 59.8 Å². The summed E-state index contributed by atoms with van der Waals surface area (Å²) in [7, 11) is 1.42. The number of hydrogen-bond acceptors (Lipinski definition) is 7. The van der Waals surface area contributed by atoms with Crippen molar-refractivity contribution in [3.63, 3.8) is 0 Å². The van der Waals surface area contributed by atoms with Gasteiger partial charge in [0.1, 0.15) is 17.4 Å². The van der Waals surface area contributed by atoms with Gasteiger partial charge in [-0.25, -0.2) is 9.78 Å². The molecule has 0 saturated heterocycles. The quantitative estimate of drug-likeness (QED) is 0.341. The van der Waals surface area contributed by atoms with E-state index in [0.717, 1.165) is 0 Å². The monoisotopic (exact) mass is 521 g/mol. The largest absolute Gasteiger partial charge is 0.511 e. The van der Waals surface area contributed by atoms with E-state index in [1.165, 1.54) is 52.9 Å². The Labute approximate surface area is 215 Å². The molecule has 3 heterocycles. The van der Waals surface area contributed by atoms with Crippen LogP contribution in [0.25, 0.3) is 16.8 Å². The number of benzene rings is 1. The molecule has 1 aromatic carbocycles. The maximum atomic E-state index is 13.2. The molecule has 12 heteroatoms. The number of pyridine rings is 2. The second-order valence-corrected chi connectivity index (χ2v) is 8.28. The Balaban J connectivity index is 1.66. The highest BCUT2D eigenvalue weighted by Gasteiger charge is 2.23. The lowest BCUT2D eigenvalue weighted by molar-refractivity contribution is -0.119. The number of methoxy groups -OCH3 is 1. The number of carbonyl (C=O) groups excluding carboxylic acids is 1. The van der Waals surface area contributed by atoms with Crippen LogP contribution >= 0.6 is 11.6 Å². The zero-order chi connectivity index (χ0) is 26.7. The Morgan fingerprint density at radius 1 is 1.19 bits per heavy atom. The zero-order valence-electron chi connectivity index (χ0n) is 19.6. The first-order valence-corrected chi connectivity index (χ1v) is 11.3. The van der Waals surface area contributed by atoms with E-state index in [1.54, 1.807) is 25.1 Å². The van der Waals surface area contributed by atoms with Gasteiger partial charge < -0.3 is 24.3 Å². The van der Waals surface area contributed by atoms with Gasteiger partial charge in [0, 0.05) is 22.2 Å². The van der Waals surface area contributed by atoms with Crippen molar-refractivity contribution in [3.8, 4) is 28.7 Å². The van der Waals surface area contributed by atoms with Gasteiger partial charge in [-0.3, -0.25) is 14.2 Å². The van der Waals surface area contributed by atoms with Crippen molar-refractivity contribution in [2.45, 2.75) is 19.4 Å². The van der Waals surface area contributed by atoms with Crippen molar-refractivity contribution >= 4 is 35.1 Å². The van der Waals surface area contributed by atoms with Gasteiger partial charge >= 0.3 is 6.16 Å². The molecule has 2 N–H and O–H groups in total. The molecule has 0 aliphatic rings. The zero-order valence-corrected chi connectivity index (χ0v) is 20.4. The fraction of sp³-hybridized carbons (Fsp3) is 0.160. The van der Waals surface area contributed by atoms with Crippen molar-refractivity contribution < 1.29 is 24.2 Å². The van der Waals surface area contributed by atoms with Crippen molar-refractivity contribution in [2.75, 3.05) is 12.4 Å². The number of imidazole rings is 1. The molecule has 188 valence electrons. The number of nitrogens with one attached hydrogen (secondary N) is 1. The molecule has 1 unspecified atom stereocenters. The summed E-state index contributed by atoms with van der Waals surface area (Å²) in [5, 5.41) is 21.3. The highest BCUT2D eigenvalue weighted by molar-refractivity contribution is 6.31. The minimum absolute atomic E-state index is 0.0831. The van der Waals surface area contributed by atoms with E-state index in [9.17, 15) is 19.6 Å². The Morgan fingerprint density at radius 3 is 2.65 bits per heavy atom. The van der Waals surface area contributed by atoms with Gasteiger partial charge in [0.2, 0.25) is 5.91 Å². The van der Waals surface area contributed by atoms with Crippen LogP contribution < -0.4 is 20.3 Å². The molecule has 0 spiro atoms. The number of ether oxygens (including phenoxy) is 2. The summed E-state index contributed by atoms with van der Waals surface area (Å²) in [6.45, 7) is 1.75. The fourth-order valence-electron chi connectivity index (χ4n) is 3.89. The third-order valence-electron chi connectivity index (χ3n) is 5.56. The van der Waals surface area contributed by atoms with Crippen LogP contribution in [0.2, 0.25) is 5.02 Å². The minimum Gasteiger partial charge on any atom is -0.495 e. The van der Waals surface area contributed by atoms with E-state index in [2.05, 4.69) is 21.1 Å². The second-order valence-electron chi connectivity index (χ2n) is 7.84. The molecular weight excluding hydrogens is 502 g/mol. The third kappa shape index (κ3) is 5.24. The first-order valence-electron chi connectivity index (χ1n) is 10.9. The van der Waals surface area contributed by atoms with Gasteiger partial charge in [-0.15, -0.1) is 0 Å². The van der Waals surface area contributed by atoms with Gasteiger partial charge in [0.25, 0.3) is 5.56 Å². The molecule has 4 aromatic rings. The van der Waals surface area contributed by atoms with Crippen LogP contribution in [0.1, 0.15) is 24.9 Å². The number of fused-ring (bicyclic) bond motifs is 1. The van der Waals surface area contributed by atoms with Crippen molar-refractivity contribution in [3.05, 3.63) is 75.9 Å². The summed E-state index contributed by atoms with van der Waals surface area (Å²) in [6.07, 6.45) is 3.14. The first kappa shape index (κ1) is 25.3. The van der Waals surface area contributed by atoms with E-state index in [-0.39, 0.29) is 23.7 Å². The molecule has 1 amide bonds. The number of hydrogen-bond donors (Lipinski definition) is 2. The van der Waals surface area contributed by atoms with E-state index in [4.69, 9.17) is 21.4 Å². The molecule has 0 fully saturated rings. The number of carbonyl (C=O) groups is 2. The lowest BCUT2D eigenvalue weighted by Gasteiger charge is -2.19. The maximum absolute atomic E-state index is 13.2. The maximum Gasteiger partial charge on any atom is 0.511 e. The van der Waals surface area contributed by atoms with Crippen LogP contribution in [-0.2, 0) is 4.79 Å². The number of nitrogens with zero attached hydrogens (tertiary/aromatic N) is 4. The molecule has 4 rings (SSSR count). The Morgan fingerprint density at radius 2 is 1.97 bits per heavy atom. The number of aromatic nitrogens is 3. The smallest absolute Gasteiger partial charge is 0.495 e. The van der Waals surface area contributed by atoms with E-state index in [0.29, 0.717) is 27.4 Å². The topological polar surface area (TPSA) is 148 Å². The van der Waals surface area contributed by atoms with Crippen LogP contribution in [-0.4, -0.2) is 38.2 Å². The van der Waals surface area contributed by atoms with Gasteiger partial charge in [-0.1, -0.05) is 18.5 Å². The molecule has 37 heavy (non-hydrogen) atoms. The third-order valence-corrected chi connectivity index (χ3v) is 5.80. The second kappa shape index (κ2) is 10.4. The predicted molar refractivity (Wildman–Crippen MR) is 134 cm³/mol. The predicted octanol–water partition coefficient (Wildman–Crippen LogP) is 4.34. The fourth-order valence-corrected chi connectivity index (χ4v) is 4.07. The SMILES string of the molecule is CCC(C(=O)Nc1cn2cc(OC(=O)O)ccc2n1)n1cc(OC)c(-c2cc(Cl)ccc2C#N)cc1=O. The molecule has 0 aliphatic carbocycles. The van der Waals surface area contributed by atoms with Gasteiger partial charge in [-0.2, -0.15) is 5.26 Å². The van der Waals surface area contributed by atoms with Crippen molar-refractivity contribution in [2.24, 2.45) is 0 Å². The van der Waals surface area contributed by atoms with Crippen molar-refractivity contribution in [1.29, 1.82) is 5.26 Å². The first-order chi connectivity index (χ1) is 17.7. The number of halogens is 1. The van der Waals surface area contributed by atoms with Crippen LogP contribution in [0.5, 0.6) is 11.5 Å². The number of anilines is 1. The van der Waals surface area contributed by atoms with Gasteiger partial charge in [0.05, 0.1) is 37.3 Å². The van der Waals surface area contributed by atoms with E-state index in [1.807, 2.05) is 0 Å². The standard InChI is InChI=1S/C25H20ClN5O6/c1-3-19(24(33)29-21-13-30-11-16(37-25(34)35)6-7-22(30)28-21)31-12-20(36-2)18(9-23(31)32)17-8-15(26)5-4-14(17)10-27/h4-9,11-13,19H,3H2,1-2H3,(H,29,33)(H,34,35). The normalized spacial score (nSPS) is 11.5. The molecule has 1 atom stereocenters. The molecule has 0 bridgehead atoms. The molecular formula is C25H20ClN5O6. The Bertz CT molecular complexity index is 1620. The highest BCUT2D eigenvalue weighted by Crippen LogP contribution is 2.33. The van der Waals surface area contributed by atoms with Gasteiger partial charge in [0.15, 0.2) is 11.6 Å². The Kier molecular flexibility index (Phi) is 7.13. The molecule has 3 aromatic heterocycles. The van der Waals surface area contributed by atoms with Crippen molar-refractivity contribution in [1.82, 2.24) is 14.0 Å². The average molecular weight is 522 g/mol. The summed E-state index contributed by atoms with van der Waals surface area (Å²) in [5.74, 6) is 0.0680. The average Bonchev–Trinajstić information content (AvgIpc) is 3.26. The Hall–Kier alpha value is -4.82. The lowest BCUT2D eigenvalue weighted by Crippen LogP contribution is -2.32. The molecule has 0 saturated carbocycles. The van der Waals surface area contributed by atoms with E-state index < -0.39 is 23.7 Å². The summed E-state index contributed by atoms with van der Waals surface area (Å²) in [5.41, 5.74) is 1.09. The summed E-state index contributed by atoms with van der Waals surface area (Å²) in [4.78, 5) is 41.3. The summed E-state index contributed by atoms with van der Waals surface area (Å²) < 4.78 is 12.9. The number of rotatable bonds is 7. The minimum atomic E-state index is -1.45. The summed E-state index contributed by atoms with van der Waals surface area (Å²) >= 11 is 6.11. The lowest BCUT2D eigenvalue weighted by atomic mass is 10.00.